The molecule has 0 radical (unpaired) electrons. The van der Waals surface area contributed by atoms with Gasteiger partial charge in [0.15, 0.2) is 11.9 Å². The fourth-order valence-corrected chi connectivity index (χ4v) is 4.93. The summed E-state index contributed by atoms with van der Waals surface area (Å²) < 4.78 is 10.4. The lowest BCUT2D eigenvalue weighted by molar-refractivity contribution is -0.161. The van der Waals surface area contributed by atoms with Gasteiger partial charge in [-0.1, -0.05) is 147 Å². The van der Waals surface area contributed by atoms with E-state index in [0.29, 0.717) is 12.8 Å². The largest absolute Gasteiger partial charge is 0.462 e. The van der Waals surface area contributed by atoms with E-state index in [-0.39, 0.29) is 31.2 Å². The quantitative estimate of drug-likeness (QED) is 0.0258. The Hall–Kier alpha value is -2.47. The minimum Gasteiger partial charge on any atom is -0.462 e. The van der Waals surface area contributed by atoms with Gasteiger partial charge in [-0.2, -0.15) is 0 Å². The van der Waals surface area contributed by atoms with Crippen LogP contribution in [-0.2, 0) is 23.9 Å². The molecule has 0 saturated carbocycles. The summed E-state index contributed by atoms with van der Waals surface area (Å²) in [6, 6.07) is 0. The molecule has 0 aromatic rings. The molecule has 0 rings (SSSR count). The summed E-state index contributed by atoms with van der Waals surface area (Å²) in [5.74, 6) is -0.0845. The van der Waals surface area contributed by atoms with Crippen molar-refractivity contribution < 1.29 is 29.0 Å². The molecule has 0 unspecified atom stereocenters. The molecule has 0 aliphatic heterocycles. The van der Waals surface area contributed by atoms with Crippen LogP contribution in [0.3, 0.4) is 0 Å². The number of aliphatic hydroxyl groups is 1. The fourth-order valence-electron chi connectivity index (χ4n) is 4.93. The van der Waals surface area contributed by atoms with Crippen LogP contribution in [-0.4, -0.2) is 42.1 Å². The molecule has 46 heavy (non-hydrogen) atoms. The SMILES string of the molecule is CCCCC/C=C\C/C=C\C/C=C\C=C\C(=O)CCCC(=O)O[C@@H](CO)COC(=O)CCCCCCCCCCCCCC(C)C. The van der Waals surface area contributed by atoms with E-state index in [1.54, 1.807) is 6.08 Å². The lowest BCUT2D eigenvalue weighted by Crippen LogP contribution is -2.28. The van der Waals surface area contributed by atoms with Gasteiger partial charge in [-0.05, 0) is 50.5 Å². The van der Waals surface area contributed by atoms with Crippen molar-refractivity contribution in [2.24, 2.45) is 5.92 Å². The van der Waals surface area contributed by atoms with Crippen LogP contribution in [0.2, 0.25) is 0 Å². The summed E-state index contributed by atoms with van der Waals surface area (Å²) >= 11 is 0. The second kappa shape index (κ2) is 33.9. The van der Waals surface area contributed by atoms with E-state index in [0.717, 1.165) is 44.4 Å². The summed E-state index contributed by atoms with van der Waals surface area (Å²) in [5, 5.41) is 9.51. The Kier molecular flexibility index (Phi) is 32.1. The molecule has 0 heterocycles. The fraction of sp³-hybridized carbons (Fsp3) is 0.725. The molecule has 6 nitrogen and oxygen atoms in total. The first-order chi connectivity index (χ1) is 22.4. The number of esters is 2. The highest BCUT2D eigenvalue weighted by molar-refractivity contribution is 5.90. The standard InChI is InChI=1S/C40H68O6/c1-4-5-6-7-8-9-10-11-14-17-20-23-26-30-37(42)31-28-33-40(44)46-38(34-41)35-45-39(43)32-27-24-21-18-15-12-13-16-19-22-25-29-36(2)3/h8-9,11,14,20,23,26,30,36,38,41H,4-7,10,12-13,15-19,21-22,24-25,27-29,31-35H2,1-3H3/b9-8-,14-11-,23-20-,30-26+/t38-/m0/s1. The predicted molar refractivity (Wildman–Crippen MR) is 192 cm³/mol. The highest BCUT2D eigenvalue weighted by Crippen LogP contribution is 2.14. The number of rotatable bonds is 32. The monoisotopic (exact) mass is 645 g/mol. The number of carbonyl (C=O) groups is 3. The van der Waals surface area contributed by atoms with Gasteiger partial charge in [-0.15, -0.1) is 0 Å². The van der Waals surface area contributed by atoms with Gasteiger partial charge in [0.25, 0.3) is 0 Å². The van der Waals surface area contributed by atoms with Crippen molar-refractivity contribution in [1.82, 2.24) is 0 Å². The van der Waals surface area contributed by atoms with Crippen molar-refractivity contribution in [3.8, 4) is 0 Å². The van der Waals surface area contributed by atoms with Gasteiger partial charge in [-0.3, -0.25) is 14.4 Å². The van der Waals surface area contributed by atoms with Gasteiger partial charge in [0, 0.05) is 19.3 Å². The molecule has 0 fully saturated rings. The molecule has 0 spiro atoms. The zero-order valence-corrected chi connectivity index (χ0v) is 29.7. The number of carbonyl (C=O) groups excluding carboxylic acids is 3. The van der Waals surface area contributed by atoms with Crippen LogP contribution in [0.5, 0.6) is 0 Å². The van der Waals surface area contributed by atoms with E-state index < -0.39 is 18.7 Å². The molecule has 0 aromatic carbocycles. The van der Waals surface area contributed by atoms with E-state index in [4.69, 9.17) is 9.47 Å². The van der Waals surface area contributed by atoms with Crippen LogP contribution < -0.4 is 0 Å². The molecule has 264 valence electrons. The van der Waals surface area contributed by atoms with E-state index in [1.807, 2.05) is 12.2 Å². The first kappa shape index (κ1) is 43.5. The lowest BCUT2D eigenvalue weighted by Gasteiger charge is -2.15. The van der Waals surface area contributed by atoms with Crippen molar-refractivity contribution in [3.05, 3.63) is 48.6 Å². The van der Waals surface area contributed by atoms with Crippen molar-refractivity contribution in [3.63, 3.8) is 0 Å². The van der Waals surface area contributed by atoms with Gasteiger partial charge in [0.1, 0.15) is 6.61 Å². The van der Waals surface area contributed by atoms with Crippen molar-refractivity contribution in [2.75, 3.05) is 13.2 Å². The molecule has 1 N–H and O–H groups in total. The molecule has 1 atom stereocenters. The van der Waals surface area contributed by atoms with Crippen LogP contribution in [0.15, 0.2) is 48.6 Å². The van der Waals surface area contributed by atoms with Gasteiger partial charge in [-0.25, -0.2) is 0 Å². The van der Waals surface area contributed by atoms with Gasteiger partial charge in [0.2, 0.25) is 0 Å². The third-order valence-corrected chi connectivity index (χ3v) is 7.78. The smallest absolute Gasteiger partial charge is 0.306 e. The second-order valence-electron chi connectivity index (χ2n) is 12.8. The van der Waals surface area contributed by atoms with Crippen LogP contribution in [0.25, 0.3) is 0 Å². The zero-order chi connectivity index (χ0) is 33.9. The first-order valence-corrected chi connectivity index (χ1v) is 18.5. The molecule has 0 aromatic heterocycles. The van der Waals surface area contributed by atoms with Crippen molar-refractivity contribution in [2.45, 2.75) is 168 Å². The van der Waals surface area contributed by atoms with Crippen LogP contribution in [0.4, 0.5) is 0 Å². The normalized spacial score (nSPS) is 12.7. The average molecular weight is 645 g/mol. The molecular formula is C40H68O6. The number of unbranched alkanes of at least 4 members (excludes halogenated alkanes) is 13. The number of aliphatic hydroxyl groups excluding tert-OH is 1. The average Bonchev–Trinajstić information content (AvgIpc) is 3.03. The Morgan fingerprint density at radius 3 is 1.85 bits per heavy atom. The third kappa shape index (κ3) is 32.9. The Labute approximate surface area is 282 Å². The Bertz CT molecular complexity index is 854. The van der Waals surface area contributed by atoms with Crippen LogP contribution >= 0.6 is 0 Å². The number of hydrogen-bond acceptors (Lipinski definition) is 6. The van der Waals surface area contributed by atoms with E-state index in [9.17, 15) is 19.5 Å². The Morgan fingerprint density at radius 2 is 1.22 bits per heavy atom. The maximum atomic E-state index is 12.1. The molecule has 0 saturated heterocycles. The topological polar surface area (TPSA) is 89.9 Å². The highest BCUT2D eigenvalue weighted by Gasteiger charge is 2.16. The third-order valence-electron chi connectivity index (χ3n) is 7.78. The van der Waals surface area contributed by atoms with E-state index in [2.05, 4.69) is 45.1 Å². The zero-order valence-electron chi connectivity index (χ0n) is 29.7. The number of allylic oxidation sites excluding steroid dienone is 8. The minimum absolute atomic E-state index is 0.0586. The summed E-state index contributed by atoms with van der Waals surface area (Å²) in [6.45, 7) is 6.22. The Morgan fingerprint density at radius 1 is 0.630 bits per heavy atom. The van der Waals surface area contributed by atoms with Crippen molar-refractivity contribution in [1.29, 1.82) is 0 Å². The summed E-state index contributed by atoms with van der Waals surface area (Å²) in [6.07, 6.45) is 37.4. The predicted octanol–water partition coefficient (Wildman–Crippen LogP) is 10.5. The molecule has 6 heteroatoms. The Balaban J connectivity index is 3.80. The summed E-state index contributed by atoms with van der Waals surface area (Å²) in [5.41, 5.74) is 0. The number of ketones is 1. The van der Waals surface area contributed by atoms with Gasteiger partial charge >= 0.3 is 11.9 Å². The maximum absolute atomic E-state index is 12.1. The van der Waals surface area contributed by atoms with Gasteiger partial charge < -0.3 is 14.6 Å². The minimum atomic E-state index is -0.886. The summed E-state index contributed by atoms with van der Waals surface area (Å²) in [4.78, 5) is 36.2. The summed E-state index contributed by atoms with van der Waals surface area (Å²) in [7, 11) is 0. The maximum Gasteiger partial charge on any atom is 0.306 e. The number of ether oxygens (including phenoxy) is 2. The number of hydrogen-bond donors (Lipinski definition) is 1. The highest BCUT2D eigenvalue weighted by atomic mass is 16.6. The van der Waals surface area contributed by atoms with E-state index >= 15 is 0 Å². The molecular weight excluding hydrogens is 576 g/mol. The molecule has 0 aliphatic rings. The van der Waals surface area contributed by atoms with Gasteiger partial charge in [0.05, 0.1) is 6.61 Å². The molecule has 0 aliphatic carbocycles. The first-order valence-electron chi connectivity index (χ1n) is 18.5. The lowest BCUT2D eigenvalue weighted by atomic mass is 10.0. The second-order valence-corrected chi connectivity index (χ2v) is 12.8. The van der Waals surface area contributed by atoms with Crippen LogP contribution in [0, 0.1) is 5.92 Å². The molecule has 0 bridgehead atoms. The molecule has 0 amide bonds. The van der Waals surface area contributed by atoms with Crippen LogP contribution in [0.1, 0.15) is 162 Å². The van der Waals surface area contributed by atoms with Crippen molar-refractivity contribution >= 4 is 17.7 Å². The van der Waals surface area contributed by atoms with E-state index in [1.165, 1.54) is 83.1 Å².